The number of pyridine rings is 1. The Kier molecular flexibility index (Phi) is 8.69. The van der Waals surface area contributed by atoms with Gasteiger partial charge in [0.2, 0.25) is 0 Å². The third-order valence-electron chi connectivity index (χ3n) is 4.89. The van der Waals surface area contributed by atoms with E-state index in [2.05, 4.69) is 36.4 Å². The van der Waals surface area contributed by atoms with Crippen LogP contribution >= 0.6 is 23.2 Å². The average molecular weight is 506 g/mol. The van der Waals surface area contributed by atoms with Crippen molar-refractivity contribution in [3.8, 4) is 23.0 Å². The van der Waals surface area contributed by atoms with Crippen molar-refractivity contribution in [1.29, 1.82) is 0 Å². The molecule has 3 aromatic rings. The van der Waals surface area contributed by atoms with E-state index in [1.165, 1.54) is 0 Å². The SMILES string of the molecule is COc1cc2c(Oc3ccc(NC(=O)NCCC(C)(C)C)cc3Cl)ccnc2cc1OCCCl. The van der Waals surface area contributed by atoms with E-state index >= 15 is 0 Å². The number of urea groups is 1. The topological polar surface area (TPSA) is 81.7 Å². The van der Waals surface area contributed by atoms with Gasteiger partial charge in [0.1, 0.15) is 18.1 Å². The molecule has 2 amide bonds. The summed E-state index contributed by atoms with van der Waals surface area (Å²) in [4.78, 5) is 16.6. The quantitative estimate of drug-likeness (QED) is 0.310. The zero-order valence-electron chi connectivity index (χ0n) is 19.7. The summed E-state index contributed by atoms with van der Waals surface area (Å²) >= 11 is 12.2. The van der Waals surface area contributed by atoms with E-state index in [1.54, 1.807) is 49.7 Å². The third-order valence-corrected chi connectivity index (χ3v) is 5.34. The highest BCUT2D eigenvalue weighted by atomic mass is 35.5. The Hall–Kier alpha value is -2.90. The van der Waals surface area contributed by atoms with Crippen LogP contribution in [0.4, 0.5) is 10.5 Å². The number of alkyl halides is 1. The second-order valence-corrected chi connectivity index (χ2v) is 9.59. The zero-order chi connectivity index (χ0) is 24.7. The third kappa shape index (κ3) is 7.05. The van der Waals surface area contributed by atoms with Crippen molar-refractivity contribution < 1.29 is 19.0 Å². The zero-order valence-corrected chi connectivity index (χ0v) is 21.2. The van der Waals surface area contributed by atoms with Gasteiger partial charge in [-0.05, 0) is 42.2 Å². The molecule has 1 heterocycles. The van der Waals surface area contributed by atoms with Gasteiger partial charge in [0.25, 0.3) is 0 Å². The first-order chi connectivity index (χ1) is 16.2. The lowest BCUT2D eigenvalue weighted by Gasteiger charge is -2.18. The first-order valence-corrected chi connectivity index (χ1v) is 11.8. The van der Waals surface area contributed by atoms with Gasteiger partial charge in [0.05, 0.1) is 23.5 Å². The van der Waals surface area contributed by atoms with E-state index in [4.69, 9.17) is 37.4 Å². The van der Waals surface area contributed by atoms with E-state index < -0.39 is 0 Å². The predicted molar refractivity (Wildman–Crippen MR) is 137 cm³/mol. The Morgan fingerprint density at radius 3 is 2.53 bits per heavy atom. The molecule has 0 saturated heterocycles. The molecule has 0 unspecified atom stereocenters. The molecular formula is C25H29Cl2N3O4. The normalized spacial score (nSPS) is 11.2. The molecule has 182 valence electrons. The number of hydrogen-bond donors (Lipinski definition) is 2. The van der Waals surface area contributed by atoms with Crippen LogP contribution in [0.15, 0.2) is 42.6 Å². The number of fused-ring (bicyclic) bond motifs is 1. The highest BCUT2D eigenvalue weighted by Gasteiger charge is 2.14. The maximum Gasteiger partial charge on any atom is 0.319 e. The fourth-order valence-corrected chi connectivity index (χ4v) is 3.44. The summed E-state index contributed by atoms with van der Waals surface area (Å²) in [5, 5.41) is 6.72. The number of aromatic nitrogens is 1. The van der Waals surface area contributed by atoms with Crippen molar-refractivity contribution in [2.45, 2.75) is 27.2 Å². The highest BCUT2D eigenvalue weighted by molar-refractivity contribution is 6.32. The molecule has 0 bridgehead atoms. The number of ether oxygens (including phenoxy) is 3. The predicted octanol–water partition coefficient (Wildman–Crippen LogP) is 6.86. The molecule has 0 spiro atoms. The summed E-state index contributed by atoms with van der Waals surface area (Å²) in [7, 11) is 1.56. The fraction of sp³-hybridized carbons (Fsp3) is 0.360. The minimum Gasteiger partial charge on any atom is -0.493 e. The molecule has 0 aliphatic rings. The Bertz CT molecular complexity index is 1150. The molecule has 0 atom stereocenters. The number of rotatable bonds is 9. The van der Waals surface area contributed by atoms with Crippen LogP contribution in [0, 0.1) is 5.41 Å². The van der Waals surface area contributed by atoms with Crippen molar-refractivity contribution in [2.24, 2.45) is 5.41 Å². The van der Waals surface area contributed by atoms with Crippen molar-refractivity contribution in [1.82, 2.24) is 10.3 Å². The lowest BCUT2D eigenvalue weighted by Crippen LogP contribution is -2.31. The van der Waals surface area contributed by atoms with E-state index in [0.29, 0.717) is 58.3 Å². The molecule has 7 nitrogen and oxygen atoms in total. The molecule has 9 heteroatoms. The van der Waals surface area contributed by atoms with Gasteiger partial charge in [-0.1, -0.05) is 32.4 Å². The van der Waals surface area contributed by atoms with Crippen molar-refractivity contribution in [3.05, 3.63) is 47.6 Å². The highest BCUT2D eigenvalue weighted by Crippen LogP contribution is 2.39. The second kappa shape index (κ2) is 11.5. The number of methoxy groups -OCH3 is 1. The van der Waals surface area contributed by atoms with Gasteiger partial charge < -0.3 is 24.8 Å². The number of halogens is 2. The number of nitrogens with one attached hydrogen (secondary N) is 2. The van der Waals surface area contributed by atoms with Crippen LogP contribution in [0.2, 0.25) is 5.02 Å². The van der Waals surface area contributed by atoms with Crippen LogP contribution in [0.1, 0.15) is 27.2 Å². The summed E-state index contributed by atoms with van der Waals surface area (Å²) in [6.07, 6.45) is 2.51. The van der Waals surface area contributed by atoms with Gasteiger partial charge in [-0.25, -0.2) is 4.79 Å². The Labute approximate surface area is 209 Å². The number of amides is 2. The van der Waals surface area contributed by atoms with Crippen molar-refractivity contribution in [3.63, 3.8) is 0 Å². The van der Waals surface area contributed by atoms with Crippen LogP contribution in [-0.4, -0.2) is 37.2 Å². The first kappa shape index (κ1) is 25.7. The van der Waals surface area contributed by atoms with Gasteiger partial charge in [0.15, 0.2) is 11.5 Å². The summed E-state index contributed by atoms with van der Waals surface area (Å²) in [6.45, 7) is 7.32. The van der Waals surface area contributed by atoms with Gasteiger partial charge in [-0.15, -0.1) is 11.6 Å². The van der Waals surface area contributed by atoms with E-state index in [9.17, 15) is 4.79 Å². The van der Waals surface area contributed by atoms with Crippen LogP contribution in [0.5, 0.6) is 23.0 Å². The molecule has 1 aromatic heterocycles. The molecule has 0 radical (unpaired) electrons. The fourth-order valence-electron chi connectivity index (χ4n) is 3.14. The number of carbonyl (C=O) groups excluding carboxylic acids is 1. The standard InChI is InChI=1S/C25H29Cl2N3O4/c1-25(2,3)8-11-29-24(31)30-16-5-6-21(18(27)13-16)34-20-7-10-28-19-15-23(33-12-9-26)22(32-4)14-17(19)20/h5-7,10,13-15H,8-9,11-12H2,1-4H3,(H2,29,30,31). The molecule has 3 rings (SSSR count). The van der Waals surface area contributed by atoms with Crippen LogP contribution in [-0.2, 0) is 0 Å². The number of carbonyl (C=O) groups is 1. The molecular weight excluding hydrogens is 477 g/mol. The van der Waals surface area contributed by atoms with Crippen LogP contribution in [0.3, 0.4) is 0 Å². The van der Waals surface area contributed by atoms with E-state index in [0.717, 1.165) is 11.8 Å². The largest absolute Gasteiger partial charge is 0.493 e. The lowest BCUT2D eigenvalue weighted by molar-refractivity contribution is 0.250. The Morgan fingerprint density at radius 2 is 1.85 bits per heavy atom. The summed E-state index contributed by atoms with van der Waals surface area (Å²) in [6, 6.07) is 10.1. The minimum absolute atomic E-state index is 0.148. The van der Waals surface area contributed by atoms with Crippen molar-refractivity contribution >= 4 is 45.8 Å². The molecule has 0 aliphatic carbocycles. The molecule has 0 fully saturated rings. The maximum absolute atomic E-state index is 12.2. The maximum atomic E-state index is 12.2. The van der Waals surface area contributed by atoms with Gasteiger partial charge in [-0.2, -0.15) is 0 Å². The minimum atomic E-state index is -0.284. The van der Waals surface area contributed by atoms with Crippen LogP contribution in [0.25, 0.3) is 10.9 Å². The molecule has 0 saturated carbocycles. The average Bonchev–Trinajstić information content (AvgIpc) is 2.78. The number of benzene rings is 2. The van der Waals surface area contributed by atoms with Crippen molar-refractivity contribution in [2.75, 3.05) is 31.5 Å². The number of anilines is 1. The molecule has 2 N–H and O–H groups in total. The van der Waals surface area contributed by atoms with E-state index in [-0.39, 0.29) is 11.4 Å². The Morgan fingerprint density at radius 1 is 1.06 bits per heavy atom. The summed E-state index contributed by atoms with van der Waals surface area (Å²) < 4.78 is 17.2. The molecule has 2 aromatic carbocycles. The molecule has 34 heavy (non-hydrogen) atoms. The Balaban J connectivity index is 1.75. The smallest absolute Gasteiger partial charge is 0.319 e. The first-order valence-electron chi connectivity index (χ1n) is 10.9. The van der Waals surface area contributed by atoms with Gasteiger partial charge >= 0.3 is 6.03 Å². The van der Waals surface area contributed by atoms with Gasteiger partial charge in [-0.3, -0.25) is 4.98 Å². The van der Waals surface area contributed by atoms with E-state index in [1.807, 2.05) is 0 Å². The summed E-state index contributed by atoms with van der Waals surface area (Å²) in [5.74, 6) is 2.44. The van der Waals surface area contributed by atoms with Gasteiger partial charge in [0, 0.05) is 29.9 Å². The lowest BCUT2D eigenvalue weighted by atomic mass is 9.92. The number of nitrogens with zero attached hydrogens (tertiary/aromatic N) is 1. The van der Waals surface area contributed by atoms with Crippen LogP contribution < -0.4 is 24.8 Å². The molecule has 0 aliphatic heterocycles. The number of hydrogen-bond acceptors (Lipinski definition) is 5. The monoisotopic (exact) mass is 505 g/mol. The summed E-state index contributed by atoms with van der Waals surface area (Å²) in [5.41, 5.74) is 1.38. The second-order valence-electron chi connectivity index (χ2n) is 8.81.